The first-order valence-electron chi connectivity index (χ1n) is 7.49. The van der Waals surface area contributed by atoms with Crippen molar-refractivity contribution in [3.8, 4) is 11.3 Å². The fourth-order valence-electron chi connectivity index (χ4n) is 2.33. The molecule has 0 saturated heterocycles. The summed E-state index contributed by atoms with van der Waals surface area (Å²) in [6.45, 7) is 1.15. The molecular weight excluding hydrogens is 290 g/mol. The van der Waals surface area contributed by atoms with Gasteiger partial charge in [0.1, 0.15) is 17.8 Å². The summed E-state index contributed by atoms with van der Waals surface area (Å²) in [5.74, 6) is 1.62. The zero-order valence-electron chi connectivity index (χ0n) is 13.0. The van der Waals surface area contributed by atoms with Crippen LogP contribution < -0.4 is 10.6 Å². The minimum atomic E-state index is 0.572. The molecule has 3 rings (SSSR count). The summed E-state index contributed by atoms with van der Waals surface area (Å²) >= 11 is 0. The van der Waals surface area contributed by atoms with Gasteiger partial charge in [0, 0.05) is 36.9 Å². The predicted molar refractivity (Wildman–Crippen MR) is 88.8 cm³/mol. The van der Waals surface area contributed by atoms with Crippen LogP contribution in [0, 0.1) is 0 Å². The Balaban J connectivity index is 1.72. The zero-order valence-corrected chi connectivity index (χ0v) is 13.0. The van der Waals surface area contributed by atoms with Gasteiger partial charge in [-0.25, -0.2) is 9.97 Å². The maximum Gasteiger partial charge on any atom is 0.156 e. The lowest BCUT2D eigenvalue weighted by atomic mass is 10.1. The first kappa shape index (κ1) is 15.2. The van der Waals surface area contributed by atoms with Crippen molar-refractivity contribution in [2.75, 3.05) is 18.5 Å². The average Bonchev–Trinajstić information content (AvgIpc) is 3.05. The van der Waals surface area contributed by atoms with Crippen molar-refractivity contribution >= 4 is 5.82 Å². The second kappa shape index (κ2) is 7.02. The molecule has 0 aliphatic rings. The Kier molecular flexibility index (Phi) is 4.63. The Labute approximate surface area is 135 Å². The topological polar surface area (TPSA) is 81.1 Å². The third kappa shape index (κ3) is 3.73. The summed E-state index contributed by atoms with van der Waals surface area (Å²) in [7, 11) is 1.96. The molecular formula is C17H19N5O. The van der Waals surface area contributed by atoms with Crippen molar-refractivity contribution in [3.63, 3.8) is 0 Å². The SMILES string of the molecule is CN(Cc1cc(-c2ccccc2)no1)c1cc(CCN)ncn1. The van der Waals surface area contributed by atoms with Crippen LogP contribution in [0.1, 0.15) is 11.5 Å². The number of anilines is 1. The number of nitrogens with two attached hydrogens (primary N) is 1. The van der Waals surface area contributed by atoms with Gasteiger partial charge in [0.15, 0.2) is 5.76 Å². The number of rotatable bonds is 6. The van der Waals surface area contributed by atoms with Gasteiger partial charge in [-0.3, -0.25) is 0 Å². The number of nitrogens with zero attached hydrogens (tertiary/aromatic N) is 4. The molecule has 0 spiro atoms. The van der Waals surface area contributed by atoms with Crippen LogP contribution in [0.2, 0.25) is 0 Å². The molecule has 0 unspecified atom stereocenters. The molecule has 0 amide bonds. The number of hydrogen-bond donors (Lipinski definition) is 1. The Hall–Kier alpha value is -2.73. The van der Waals surface area contributed by atoms with E-state index in [0.29, 0.717) is 13.1 Å². The molecule has 0 bridgehead atoms. The highest BCUT2D eigenvalue weighted by Gasteiger charge is 2.10. The van der Waals surface area contributed by atoms with Gasteiger partial charge in [-0.1, -0.05) is 35.5 Å². The van der Waals surface area contributed by atoms with E-state index in [9.17, 15) is 0 Å². The molecule has 118 valence electrons. The molecule has 0 saturated carbocycles. The number of aromatic nitrogens is 3. The lowest BCUT2D eigenvalue weighted by Crippen LogP contribution is -2.18. The highest BCUT2D eigenvalue weighted by molar-refractivity contribution is 5.58. The Bertz CT molecular complexity index is 756. The maximum absolute atomic E-state index is 5.57. The van der Waals surface area contributed by atoms with E-state index in [1.54, 1.807) is 6.33 Å². The van der Waals surface area contributed by atoms with Gasteiger partial charge in [0.05, 0.1) is 6.54 Å². The van der Waals surface area contributed by atoms with Gasteiger partial charge in [0.2, 0.25) is 0 Å². The van der Waals surface area contributed by atoms with Crippen LogP contribution in [0.5, 0.6) is 0 Å². The molecule has 2 aromatic heterocycles. The van der Waals surface area contributed by atoms with Gasteiger partial charge < -0.3 is 15.2 Å². The van der Waals surface area contributed by atoms with Crippen LogP contribution in [0.3, 0.4) is 0 Å². The minimum Gasteiger partial charge on any atom is -0.359 e. The Morgan fingerprint density at radius 2 is 1.96 bits per heavy atom. The van der Waals surface area contributed by atoms with Crippen molar-refractivity contribution < 1.29 is 4.52 Å². The van der Waals surface area contributed by atoms with Crippen LogP contribution in [0.4, 0.5) is 5.82 Å². The van der Waals surface area contributed by atoms with E-state index in [1.807, 2.05) is 54.4 Å². The monoisotopic (exact) mass is 309 g/mol. The van der Waals surface area contributed by atoms with Crippen LogP contribution >= 0.6 is 0 Å². The normalized spacial score (nSPS) is 10.7. The summed E-state index contributed by atoms with van der Waals surface area (Å²) < 4.78 is 5.43. The van der Waals surface area contributed by atoms with E-state index in [1.165, 1.54) is 0 Å². The van der Waals surface area contributed by atoms with Crippen molar-refractivity contribution in [2.45, 2.75) is 13.0 Å². The highest BCUT2D eigenvalue weighted by atomic mass is 16.5. The highest BCUT2D eigenvalue weighted by Crippen LogP contribution is 2.20. The molecule has 0 aliphatic carbocycles. The fourth-order valence-corrected chi connectivity index (χ4v) is 2.33. The quantitative estimate of drug-likeness (QED) is 0.752. The third-order valence-corrected chi connectivity index (χ3v) is 3.52. The van der Waals surface area contributed by atoms with Crippen molar-refractivity contribution in [3.05, 3.63) is 60.2 Å². The molecule has 0 atom stereocenters. The summed E-state index contributed by atoms with van der Waals surface area (Å²) in [6.07, 6.45) is 2.30. The molecule has 2 N–H and O–H groups in total. The van der Waals surface area contributed by atoms with E-state index >= 15 is 0 Å². The van der Waals surface area contributed by atoms with Gasteiger partial charge in [0.25, 0.3) is 0 Å². The second-order valence-electron chi connectivity index (χ2n) is 5.31. The Morgan fingerprint density at radius 1 is 1.13 bits per heavy atom. The maximum atomic E-state index is 5.57. The van der Waals surface area contributed by atoms with E-state index in [2.05, 4.69) is 15.1 Å². The lowest BCUT2D eigenvalue weighted by Gasteiger charge is -2.16. The summed E-state index contributed by atoms with van der Waals surface area (Å²) in [4.78, 5) is 10.5. The van der Waals surface area contributed by atoms with E-state index in [0.717, 1.165) is 35.0 Å². The van der Waals surface area contributed by atoms with Crippen molar-refractivity contribution in [1.29, 1.82) is 0 Å². The first-order chi connectivity index (χ1) is 11.3. The summed E-state index contributed by atoms with van der Waals surface area (Å²) in [5.41, 5.74) is 8.38. The Morgan fingerprint density at radius 3 is 2.74 bits per heavy atom. The molecule has 23 heavy (non-hydrogen) atoms. The molecule has 6 heteroatoms. The molecule has 0 fully saturated rings. The third-order valence-electron chi connectivity index (χ3n) is 3.52. The average molecular weight is 309 g/mol. The van der Waals surface area contributed by atoms with Crippen LogP contribution in [0.15, 0.2) is 53.3 Å². The summed E-state index contributed by atoms with van der Waals surface area (Å²) in [5, 5.41) is 4.13. The predicted octanol–water partition coefficient (Wildman–Crippen LogP) is 2.27. The van der Waals surface area contributed by atoms with Gasteiger partial charge in [-0.15, -0.1) is 0 Å². The van der Waals surface area contributed by atoms with Crippen LogP contribution in [-0.4, -0.2) is 28.7 Å². The molecule has 0 radical (unpaired) electrons. The molecule has 6 nitrogen and oxygen atoms in total. The molecule has 1 aromatic carbocycles. The van der Waals surface area contributed by atoms with Gasteiger partial charge >= 0.3 is 0 Å². The van der Waals surface area contributed by atoms with E-state index in [4.69, 9.17) is 10.3 Å². The standard InChI is InChI=1S/C17H19N5O/c1-22(17-9-14(7-8-18)19-12-20-17)11-15-10-16(21-23-15)13-5-3-2-4-6-13/h2-6,9-10,12H,7-8,11,18H2,1H3. The lowest BCUT2D eigenvalue weighted by molar-refractivity contribution is 0.384. The smallest absolute Gasteiger partial charge is 0.156 e. The van der Waals surface area contributed by atoms with Crippen LogP contribution in [0.25, 0.3) is 11.3 Å². The van der Waals surface area contributed by atoms with E-state index in [-0.39, 0.29) is 0 Å². The van der Waals surface area contributed by atoms with Crippen molar-refractivity contribution in [2.24, 2.45) is 5.73 Å². The first-order valence-corrected chi connectivity index (χ1v) is 7.49. The number of benzene rings is 1. The molecule has 3 aromatic rings. The second-order valence-corrected chi connectivity index (χ2v) is 5.31. The fraction of sp³-hybridized carbons (Fsp3) is 0.235. The van der Waals surface area contributed by atoms with Gasteiger partial charge in [-0.05, 0) is 6.54 Å². The zero-order chi connectivity index (χ0) is 16.1. The largest absolute Gasteiger partial charge is 0.359 e. The molecule has 0 aliphatic heterocycles. The van der Waals surface area contributed by atoms with Gasteiger partial charge in [-0.2, -0.15) is 0 Å². The summed E-state index contributed by atoms with van der Waals surface area (Å²) in [6, 6.07) is 13.9. The number of hydrogen-bond acceptors (Lipinski definition) is 6. The van der Waals surface area contributed by atoms with Crippen molar-refractivity contribution in [1.82, 2.24) is 15.1 Å². The molecule has 2 heterocycles. The van der Waals surface area contributed by atoms with E-state index < -0.39 is 0 Å². The minimum absolute atomic E-state index is 0.572. The van der Waals surface area contributed by atoms with Crippen LogP contribution in [-0.2, 0) is 13.0 Å².